The third-order valence-corrected chi connectivity index (χ3v) is 11.3. The zero-order valence-corrected chi connectivity index (χ0v) is 31.1. The molecular weight excluding hydrogens is 673 g/mol. The Kier molecular flexibility index (Phi) is 8.45. The maximum absolute atomic E-state index is 9.02. The number of hydrogen-bond donors (Lipinski definition) is 2. The van der Waals surface area contributed by atoms with E-state index in [9.17, 15) is 0 Å². The second kappa shape index (κ2) is 13.6. The highest BCUT2D eigenvalue weighted by Gasteiger charge is 2.38. The number of rotatable bonds is 7. The topological polar surface area (TPSA) is 36.2 Å². The number of hydrogen-bond acceptors (Lipinski definition) is 3. The lowest BCUT2D eigenvalue weighted by Crippen LogP contribution is -2.16. The van der Waals surface area contributed by atoms with Crippen molar-refractivity contribution in [3.8, 4) is 33.4 Å². The lowest BCUT2D eigenvalue weighted by atomic mass is 9.78. The number of benzene rings is 8. The first-order valence-electron chi connectivity index (χ1n) is 18.3. The molecule has 1 N–H and O–H groups in total. The summed E-state index contributed by atoms with van der Waals surface area (Å²) < 4.78 is 0. The van der Waals surface area contributed by atoms with Gasteiger partial charge in [0.2, 0.25) is 0 Å². The minimum atomic E-state index is -0.169. The highest BCUT2D eigenvalue weighted by molar-refractivity contribution is 7.80. The Bertz CT molecular complexity index is 2830. The molecule has 0 heterocycles. The summed E-state index contributed by atoms with van der Waals surface area (Å²) >= 11 is 4.74. The summed E-state index contributed by atoms with van der Waals surface area (Å²) in [5.41, 5.74) is 13.7. The van der Waals surface area contributed by atoms with E-state index in [0.717, 1.165) is 38.1 Å². The zero-order valence-electron chi connectivity index (χ0n) is 30.2. The van der Waals surface area contributed by atoms with Crippen molar-refractivity contribution in [1.29, 1.82) is 5.41 Å². The molecule has 0 amide bonds. The number of nitrogens with one attached hydrogen (secondary N) is 1. The van der Waals surface area contributed by atoms with Crippen molar-refractivity contribution in [2.45, 2.75) is 24.2 Å². The number of thiol groups is 1. The van der Waals surface area contributed by atoms with Crippen molar-refractivity contribution in [2.24, 2.45) is 4.99 Å². The molecule has 0 radical (unpaired) electrons. The summed E-state index contributed by atoms with van der Waals surface area (Å²) in [6.07, 6.45) is 3.82. The van der Waals surface area contributed by atoms with Crippen LogP contribution >= 0.6 is 12.6 Å². The predicted octanol–water partition coefficient (Wildman–Crippen LogP) is 13.5. The number of fused-ring (bicyclic) bond motifs is 5. The molecule has 8 aromatic carbocycles. The molecule has 8 aromatic rings. The van der Waals surface area contributed by atoms with E-state index in [2.05, 4.69) is 129 Å². The van der Waals surface area contributed by atoms with Crippen LogP contribution in [0, 0.1) is 5.41 Å². The fourth-order valence-electron chi connectivity index (χ4n) is 8.20. The van der Waals surface area contributed by atoms with Crippen LogP contribution in [0.15, 0.2) is 186 Å². The quantitative estimate of drug-likeness (QED) is 0.122. The summed E-state index contributed by atoms with van der Waals surface area (Å²) in [5.74, 6) is 0. The lowest BCUT2D eigenvalue weighted by Gasteiger charge is -2.25. The molecule has 0 saturated carbocycles. The molecule has 258 valence electrons. The fraction of sp³-hybridized carbons (Fsp3) is 0.0588. The van der Waals surface area contributed by atoms with Crippen LogP contribution in [-0.4, -0.2) is 11.9 Å². The van der Waals surface area contributed by atoms with Crippen molar-refractivity contribution in [1.82, 2.24) is 0 Å². The molecule has 0 unspecified atom stereocenters. The van der Waals surface area contributed by atoms with E-state index >= 15 is 0 Å². The van der Waals surface area contributed by atoms with Gasteiger partial charge in [0.1, 0.15) is 0 Å². The number of allylic oxidation sites excluding steroid dienone is 1. The largest absolute Gasteiger partial charge is 0.300 e. The minimum absolute atomic E-state index is 0.169. The summed E-state index contributed by atoms with van der Waals surface area (Å²) in [7, 11) is 0. The van der Waals surface area contributed by atoms with Gasteiger partial charge in [-0.3, -0.25) is 4.99 Å². The standard InChI is InChI=1S/C51H38N2S/c1-51(2)46-30-35-17-7-6-16-34(35)29-45(46)44-24-13-23-43(50(44)51)42-27-26-38(39-20-8-9-22-41(39)42)32-53-48(31-47(52)33-14-4-3-5-15-33)37-19-12-18-36(28-37)40-21-10-11-25-49(40)54/h3-32,52,54H,1-2H3/b48-31-,52-47?,53-32?. The molecular formula is C51H38N2S. The van der Waals surface area contributed by atoms with Crippen LogP contribution in [0.5, 0.6) is 0 Å². The van der Waals surface area contributed by atoms with Crippen LogP contribution in [0.1, 0.15) is 41.7 Å². The number of nitrogens with zero attached hydrogens (tertiary/aromatic N) is 1. The number of aliphatic imine (C=N–C) groups is 1. The summed E-state index contributed by atoms with van der Waals surface area (Å²) in [4.78, 5) is 6.06. The van der Waals surface area contributed by atoms with Crippen LogP contribution in [0.4, 0.5) is 0 Å². The van der Waals surface area contributed by atoms with Gasteiger partial charge in [-0.1, -0.05) is 159 Å². The monoisotopic (exact) mass is 710 g/mol. The Morgan fingerprint density at radius 1 is 0.556 bits per heavy atom. The predicted molar refractivity (Wildman–Crippen MR) is 232 cm³/mol. The second-order valence-electron chi connectivity index (χ2n) is 14.5. The Morgan fingerprint density at radius 2 is 1.19 bits per heavy atom. The maximum atomic E-state index is 9.02. The lowest BCUT2D eigenvalue weighted by molar-refractivity contribution is 0.663. The minimum Gasteiger partial charge on any atom is -0.300 e. The molecule has 0 atom stereocenters. The van der Waals surface area contributed by atoms with Crippen molar-refractivity contribution in [3.05, 3.63) is 204 Å². The van der Waals surface area contributed by atoms with Gasteiger partial charge in [-0.05, 0) is 102 Å². The average molecular weight is 711 g/mol. The fourth-order valence-corrected chi connectivity index (χ4v) is 8.48. The zero-order chi connectivity index (χ0) is 36.8. The Labute approximate surface area is 322 Å². The van der Waals surface area contributed by atoms with Gasteiger partial charge in [-0.25, -0.2) is 0 Å². The van der Waals surface area contributed by atoms with Gasteiger partial charge in [-0.15, -0.1) is 12.6 Å². The molecule has 3 heteroatoms. The van der Waals surface area contributed by atoms with Gasteiger partial charge in [0, 0.05) is 27.7 Å². The smallest absolute Gasteiger partial charge is 0.0723 e. The Hall–Kier alpha value is -6.29. The normalized spacial score (nSPS) is 13.4. The first kappa shape index (κ1) is 33.5. The third-order valence-electron chi connectivity index (χ3n) is 10.9. The highest BCUT2D eigenvalue weighted by atomic mass is 32.1. The van der Waals surface area contributed by atoms with E-state index in [1.54, 1.807) is 0 Å². The van der Waals surface area contributed by atoms with E-state index in [4.69, 9.17) is 23.0 Å². The first-order chi connectivity index (χ1) is 26.4. The highest BCUT2D eigenvalue weighted by Crippen LogP contribution is 2.53. The van der Waals surface area contributed by atoms with Gasteiger partial charge in [-0.2, -0.15) is 0 Å². The van der Waals surface area contributed by atoms with Crippen LogP contribution in [0.25, 0.3) is 60.6 Å². The van der Waals surface area contributed by atoms with Crippen LogP contribution in [0.3, 0.4) is 0 Å². The van der Waals surface area contributed by atoms with Crippen LogP contribution < -0.4 is 0 Å². The summed E-state index contributed by atoms with van der Waals surface area (Å²) in [6.45, 7) is 4.73. The van der Waals surface area contributed by atoms with Crippen LogP contribution in [0.2, 0.25) is 0 Å². The van der Waals surface area contributed by atoms with E-state index in [0.29, 0.717) is 11.4 Å². The summed E-state index contributed by atoms with van der Waals surface area (Å²) in [6, 6.07) is 59.6. The van der Waals surface area contributed by atoms with Gasteiger partial charge in [0.05, 0.1) is 11.4 Å². The second-order valence-corrected chi connectivity index (χ2v) is 15.0. The molecule has 0 aromatic heterocycles. The van der Waals surface area contributed by atoms with Gasteiger partial charge >= 0.3 is 0 Å². The molecule has 1 aliphatic rings. The van der Waals surface area contributed by atoms with E-state index in [1.807, 2.05) is 66.9 Å². The Balaban J connectivity index is 1.15. The van der Waals surface area contributed by atoms with Crippen molar-refractivity contribution < 1.29 is 0 Å². The van der Waals surface area contributed by atoms with Gasteiger partial charge < -0.3 is 5.41 Å². The molecule has 0 spiro atoms. The molecule has 2 nitrogen and oxygen atoms in total. The SMILES string of the molecule is CC1(C)c2cc3ccccc3cc2-c2cccc(-c3ccc(C=N/C(=C\C(=N)c4ccccc4)c4cccc(-c5ccccc5S)c4)c4ccccc34)c21. The average Bonchev–Trinajstić information content (AvgIpc) is 3.44. The van der Waals surface area contributed by atoms with E-state index in [-0.39, 0.29) is 5.41 Å². The van der Waals surface area contributed by atoms with Gasteiger partial charge in [0.25, 0.3) is 0 Å². The van der Waals surface area contributed by atoms with Crippen molar-refractivity contribution >= 4 is 51.8 Å². The van der Waals surface area contributed by atoms with Crippen LogP contribution in [-0.2, 0) is 5.41 Å². The molecule has 0 aliphatic heterocycles. The molecule has 9 rings (SSSR count). The molecule has 0 fully saturated rings. The molecule has 0 saturated heterocycles. The summed E-state index contributed by atoms with van der Waals surface area (Å²) in [5, 5.41) is 13.9. The third kappa shape index (κ3) is 5.88. The van der Waals surface area contributed by atoms with Gasteiger partial charge in [0.15, 0.2) is 0 Å². The van der Waals surface area contributed by atoms with E-state index < -0.39 is 0 Å². The molecule has 1 aliphatic carbocycles. The molecule has 0 bridgehead atoms. The molecule has 54 heavy (non-hydrogen) atoms. The van der Waals surface area contributed by atoms with Crippen molar-refractivity contribution in [2.75, 3.05) is 0 Å². The first-order valence-corrected chi connectivity index (χ1v) is 18.8. The van der Waals surface area contributed by atoms with Crippen molar-refractivity contribution in [3.63, 3.8) is 0 Å². The maximum Gasteiger partial charge on any atom is 0.0723 e. The Morgan fingerprint density at radius 3 is 1.98 bits per heavy atom. The van der Waals surface area contributed by atoms with E-state index in [1.165, 1.54) is 49.5 Å².